The molecule has 3 heterocycles. The zero-order valence-electron chi connectivity index (χ0n) is 34.0. The number of pyridine rings is 1. The molecule has 0 aliphatic carbocycles. The highest BCUT2D eigenvalue weighted by molar-refractivity contribution is 7.22. The Hall–Kier alpha value is -7.58. The smallest absolute Gasteiger partial charge is 0.184 e. The number of benzene rings is 9. The van der Waals surface area contributed by atoms with E-state index in [0.29, 0.717) is 0 Å². The Kier molecular flexibility index (Phi) is 8.52. The second-order valence-electron chi connectivity index (χ2n) is 16.2. The molecule has 9 aromatic carbocycles. The fourth-order valence-electron chi connectivity index (χ4n) is 10.7. The van der Waals surface area contributed by atoms with Crippen LogP contribution in [0.2, 0.25) is 0 Å². The zero-order valence-corrected chi connectivity index (χ0v) is 36.0. The SMILES string of the molecule is c1ccc([Si]2(c3ccccc3)c3ccccc3N(c3ccc4ccc(N5c6ccccc6[Si](c6ccccc6)(c6ccccc6)c6ccccc65)nc4c3)c3ccccc32)cc1. The van der Waals surface area contributed by atoms with Crippen LogP contribution in [-0.2, 0) is 0 Å². The lowest BCUT2D eigenvalue weighted by Gasteiger charge is -2.45. The molecule has 292 valence electrons. The number of nitrogens with zero attached hydrogens (tertiary/aromatic N) is 3. The van der Waals surface area contributed by atoms with Gasteiger partial charge in [0.15, 0.2) is 16.1 Å². The largest absolute Gasteiger partial charge is 0.311 e. The second kappa shape index (κ2) is 14.6. The van der Waals surface area contributed by atoms with Gasteiger partial charge in [-0.05, 0) is 90.0 Å². The van der Waals surface area contributed by atoms with Gasteiger partial charge in [-0.15, -0.1) is 0 Å². The molecule has 0 bridgehead atoms. The molecule has 2 aliphatic rings. The minimum atomic E-state index is -2.74. The van der Waals surface area contributed by atoms with Crippen LogP contribution in [0.4, 0.5) is 34.3 Å². The molecule has 0 spiro atoms. The number of hydrogen-bond donors (Lipinski definition) is 0. The monoisotopic (exact) mass is 823 g/mol. The summed E-state index contributed by atoms with van der Waals surface area (Å²) in [4.78, 5) is 10.5. The van der Waals surface area contributed by atoms with E-state index in [1.807, 2.05) is 0 Å². The molecule has 0 N–H and O–H groups in total. The van der Waals surface area contributed by atoms with Crippen LogP contribution in [0.25, 0.3) is 10.9 Å². The normalized spacial score (nSPS) is 14.3. The summed E-state index contributed by atoms with van der Waals surface area (Å²) in [5, 5.41) is 12.1. The number of rotatable bonds is 6. The Balaban J connectivity index is 1.05. The molecule has 2 aliphatic heterocycles. The summed E-state index contributed by atoms with van der Waals surface area (Å²) in [5.41, 5.74) is 6.81. The van der Waals surface area contributed by atoms with Crippen LogP contribution in [0.1, 0.15) is 0 Å². The van der Waals surface area contributed by atoms with Gasteiger partial charge in [-0.2, -0.15) is 0 Å². The Bertz CT molecular complexity index is 2870. The van der Waals surface area contributed by atoms with Gasteiger partial charge >= 0.3 is 0 Å². The van der Waals surface area contributed by atoms with Crippen molar-refractivity contribution in [3.05, 3.63) is 249 Å². The molecule has 12 rings (SSSR count). The van der Waals surface area contributed by atoms with E-state index in [1.54, 1.807) is 0 Å². The molecule has 0 saturated carbocycles. The summed E-state index contributed by atoms with van der Waals surface area (Å²) < 4.78 is 0. The molecule has 0 radical (unpaired) electrons. The van der Waals surface area contributed by atoms with E-state index in [2.05, 4.69) is 259 Å². The molecule has 0 amide bonds. The van der Waals surface area contributed by atoms with Crippen LogP contribution in [0.5, 0.6) is 0 Å². The predicted octanol–water partition coefficient (Wildman–Crippen LogP) is 8.56. The zero-order chi connectivity index (χ0) is 41.1. The van der Waals surface area contributed by atoms with Crippen LogP contribution in [0.3, 0.4) is 0 Å². The fourth-order valence-corrected chi connectivity index (χ4v) is 20.9. The van der Waals surface area contributed by atoms with Crippen LogP contribution < -0.4 is 51.3 Å². The Labute approximate surface area is 364 Å². The van der Waals surface area contributed by atoms with Crippen molar-refractivity contribution in [1.82, 2.24) is 4.98 Å². The van der Waals surface area contributed by atoms with E-state index in [4.69, 9.17) is 4.98 Å². The van der Waals surface area contributed by atoms with Gasteiger partial charge in [-0.1, -0.05) is 200 Å². The van der Waals surface area contributed by atoms with Gasteiger partial charge in [0.05, 0.1) is 5.52 Å². The molecule has 0 unspecified atom stereocenters. The summed E-state index contributed by atoms with van der Waals surface area (Å²) >= 11 is 0. The highest BCUT2D eigenvalue weighted by atomic mass is 28.3. The number of aromatic nitrogens is 1. The van der Waals surface area contributed by atoms with Crippen LogP contribution in [-0.4, -0.2) is 21.1 Å². The first-order chi connectivity index (χ1) is 30.8. The maximum atomic E-state index is 5.60. The lowest BCUT2D eigenvalue weighted by molar-refractivity contribution is 1.21. The molecule has 0 saturated heterocycles. The first-order valence-corrected chi connectivity index (χ1v) is 25.4. The van der Waals surface area contributed by atoms with E-state index in [9.17, 15) is 0 Å². The fraction of sp³-hybridized carbons (Fsp3) is 0. The first kappa shape index (κ1) is 36.3. The second-order valence-corrected chi connectivity index (χ2v) is 23.7. The Morgan fingerprint density at radius 2 is 0.613 bits per heavy atom. The molecular weight excluding hydrogens is 783 g/mol. The van der Waals surface area contributed by atoms with Gasteiger partial charge < -0.3 is 4.90 Å². The van der Waals surface area contributed by atoms with Crippen molar-refractivity contribution in [3.8, 4) is 0 Å². The Morgan fingerprint density at radius 1 is 0.290 bits per heavy atom. The summed E-state index contributed by atoms with van der Waals surface area (Å²) in [6, 6.07) is 92.3. The summed E-state index contributed by atoms with van der Waals surface area (Å²) in [6.07, 6.45) is 0. The lowest BCUT2D eigenvalue weighted by Crippen LogP contribution is -2.77. The van der Waals surface area contributed by atoms with E-state index < -0.39 is 16.1 Å². The topological polar surface area (TPSA) is 19.4 Å². The third-order valence-electron chi connectivity index (χ3n) is 13.2. The molecule has 3 nitrogen and oxygen atoms in total. The molecular formula is C57H41N3Si2. The average Bonchev–Trinajstić information content (AvgIpc) is 3.35. The lowest BCUT2D eigenvalue weighted by atomic mass is 10.1. The summed E-state index contributed by atoms with van der Waals surface area (Å²) in [5.74, 6) is 0.900. The molecule has 62 heavy (non-hydrogen) atoms. The quantitative estimate of drug-likeness (QED) is 0.157. The highest BCUT2D eigenvalue weighted by Crippen LogP contribution is 2.41. The third kappa shape index (κ3) is 5.25. The maximum absolute atomic E-state index is 5.60. The van der Waals surface area contributed by atoms with E-state index in [1.165, 1.54) is 64.2 Å². The Morgan fingerprint density at radius 3 is 1.00 bits per heavy atom. The van der Waals surface area contributed by atoms with Crippen molar-refractivity contribution in [2.24, 2.45) is 0 Å². The summed E-state index contributed by atoms with van der Waals surface area (Å²) in [6.45, 7) is 0. The molecule has 5 heteroatoms. The first-order valence-electron chi connectivity index (χ1n) is 21.4. The van der Waals surface area contributed by atoms with Crippen molar-refractivity contribution in [1.29, 1.82) is 0 Å². The molecule has 1 aromatic heterocycles. The van der Waals surface area contributed by atoms with Gasteiger partial charge in [0.25, 0.3) is 0 Å². The van der Waals surface area contributed by atoms with Gasteiger partial charge in [-0.3, -0.25) is 4.90 Å². The highest BCUT2D eigenvalue weighted by Gasteiger charge is 2.50. The number of para-hydroxylation sites is 4. The van der Waals surface area contributed by atoms with E-state index in [0.717, 1.165) is 22.4 Å². The van der Waals surface area contributed by atoms with Crippen LogP contribution in [0, 0.1) is 0 Å². The van der Waals surface area contributed by atoms with Crippen molar-refractivity contribution >= 4 is 103 Å². The number of anilines is 6. The molecule has 0 fully saturated rings. The molecule has 0 atom stereocenters. The third-order valence-corrected chi connectivity index (χ3v) is 22.9. The maximum Gasteiger partial charge on any atom is 0.184 e. The number of hydrogen-bond acceptors (Lipinski definition) is 3. The van der Waals surface area contributed by atoms with Crippen molar-refractivity contribution in [3.63, 3.8) is 0 Å². The molecule has 10 aromatic rings. The van der Waals surface area contributed by atoms with E-state index in [-0.39, 0.29) is 0 Å². The minimum absolute atomic E-state index is 0.900. The van der Waals surface area contributed by atoms with Crippen LogP contribution >= 0.6 is 0 Å². The minimum Gasteiger partial charge on any atom is -0.311 e. The van der Waals surface area contributed by atoms with Gasteiger partial charge in [0, 0.05) is 33.8 Å². The van der Waals surface area contributed by atoms with Gasteiger partial charge in [-0.25, -0.2) is 4.98 Å². The average molecular weight is 824 g/mol. The van der Waals surface area contributed by atoms with Crippen molar-refractivity contribution in [2.75, 3.05) is 9.80 Å². The standard InChI is InChI=1S/C57H41N3Si2/c1-5-21-44(22-6-1)61(45-23-7-2-8-24-45)53-33-17-13-29-49(53)59(50-30-14-18-34-54(50)61)43-39-37-42-38-40-57(58-48(42)41-43)60-51-31-15-19-35-55(51)62(46-25-9-3-10-26-46,47-27-11-4-12-28-47)56-36-20-16-32-52(56)60/h1-41H. The predicted molar refractivity (Wildman–Crippen MR) is 265 cm³/mol. The van der Waals surface area contributed by atoms with Crippen molar-refractivity contribution in [2.45, 2.75) is 0 Å². The summed E-state index contributed by atoms with van der Waals surface area (Å²) in [7, 11) is -5.46. The number of fused-ring (bicyclic) bond motifs is 5. The van der Waals surface area contributed by atoms with Crippen molar-refractivity contribution < 1.29 is 0 Å². The van der Waals surface area contributed by atoms with Gasteiger partial charge in [0.2, 0.25) is 0 Å². The van der Waals surface area contributed by atoms with Crippen LogP contribution in [0.15, 0.2) is 249 Å². The van der Waals surface area contributed by atoms with Gasteiger partial charge in [0.1, 0.15) is 5.82 Å². The van der Waals surface area contributed by atoms with E-state index >= 15 is 0 Å².